The number of benzene rings is 2. The molecule has 28 heavy (non-hydrogen) atoms. The molecule has 1 saturated carbocycles. The molecule has 2 aromatic carbocycles. The Labute approximate surface area is 162 Å². The molecule has 0 bridgehead atoms. The number of aromatic amines is 1. The molecule has 0 spiro atoms. The fraction of sp³-hybridized carbons (Fsp3) is 0.136. The number of aromatic nitrogens is 4. The second-order valence-electron chi connectivity index (χ2n) is 7.00. The van der Waals surface area contributed by atoms with Gasteiger partial charge in [-0.1, -0.05) is 48.5 Å². The van der Waals surface area contributed by atoms with Crippen LogP contribution in [-0.2, 0) is 0 Å². The van der Waals surface area contributed by atoms with E-state index in [1.54, 1.807) is 0 Å². The molecule has 6 heteroatoms. The summed E-state index contributed by atoms with van der Waals surface area (Å²) in [6.07, 6.45) is 2.41. The highest BCUT2D eigenvalue weighted by molar-refractivity contribution is 5.87. The topological polar surface area (TPSA) is 92.5 Å². The summed E-state index contributed by atoms with van der Waals surface area (Å²) in [5.74, 6) is 1.45. The van der Waals surface area contributed by atoms with Gasteiger partial charge < -0.3 is 11.1 Å². The highest BCUT2D eigenvalue weighted by Crippen LogP contribution is 2.41. The molecule has 0 radical (unpaired) electrons. The van der Waals surface area contributed by atoms with Crippen molar-refractivity contribution in [1.82, 2.24) is 20.2 Å². The Hall–Kier alpha value is -3.67. The molecule has 2 heterocycles. The molecule has 6 nitrogen and oxygen atoms in total. The van der Waals surface area contributed by atoms with Crippen molar-refractivity contribution >= 4 is 17.5 Å². The summed E-state index contributed by atoms with van der Waals surface area (Å²) < 4.78 is 0. The maximum atomic E-state index is 6.40. The van der Waals surface area contributed by atoms with Gasteiger partial charge in [-0.25, -0.2) is 4.98 Å². The van der Waals surface area contributed by atoms with Crippen LogP contribution in [0.2, 0.25) is 0 Å². The first-order chi connectivity index (χ1) is 13.8. The molecule has 0 amide bonds. The summed E-state index contributed by atoms with van der Waals surface area (Å²) in [6.45, 7) is 0. The first-order valence-corrected chi connectivity index (χ1v) is 9.38. The number of H-pyrrole nitrogens is 1. The zero-order valence-corrected chi connectivity index (χ0v) is 15.3. The second kappa shape index (κ2) is 6.81. The van der Waals surface area contributed by atoms with Crippen LogP contribution in [-0.4, -0.2) is 20.2 Å². The molecule has 138 valence electrons. The van der Waals surface area contributed by atoms with Gasteiger partial charge in [0, 0.05) is 22.9 Å². The standard InChI is InChI=1S/C22H20N6/c23-21-19(18-13-17(27-28-18)14-11-12-14)20(15-7-3-1-4-8-15)25-22(26-21)24-16-9-5-2-6-10-16/h1-10,13-14H,11-12H2,(H,27,28)(H3,23,24,25,26). The maximum absolute atomic E-state index is 6.40. The fourth-order valence-electron chi connectivity index (χ4n) is 3.31. The Morgan fingerprint density at radius 1 is 0.929 bits per heavy atom. The summed E-state index contributed by atoms with van der Waals surface area (Å²) in [4.78, 5) is 9.29. The Bertz CT molecular complexity index is 1100. The van der Waals surface area contributed by atoms with E-state index in [1.807, 2.05) is 60.7 Å². The molecule has 0 unspecified atom stereocenters. The number of nitrogens with two attached hydrogens (primary N) is 1. The summed E-state index contributed by atoms with van der Waals surface area (Å²) in [6, 6.07) is 21.9. The number of hydrogen-bond acceptors (Lipinski definition) is 5. The molecular weight excluding hydrogens is 348 g/mol. The molecule has 4 N–H and O–H groups in total. The third kappa shape index (κ3) is 3.20. The van der Waals surface area contributed by atoms with Gasteiger partial charge in [-0.3, -0.25) is 5.10 Å². The van der Waals surface area contributed by atoms with Crippen LogP contribution in [0.1, 0.15) is 24.5 Å². The van der Waals surface area contributed by atoms with Gasteiger partial charge in [0.15, 0.2) is 0 Å². The number of nitrogens with one attached hydrogen (secondary N) is 2. The average molecular weight is 368 g/mol. The largest absolute Gasteiger partial charge is 0.383 e. The summed E-state index contributed by atoms with van der Waals surface area (Å²) in [5.41, 5.74) is 11.7. The van der Waals surface area contributed by atoms with Crippen LogP contribution in [0.3, 0.4) is 0 Å². The number of para-hydroxylation sites is 1. The quantitative estimate of drug-likeness (QED) is 0.473. The van der Waals surface area contributed by atoms with Crippen LogP contribution in [0.15, 0.2) is 66.7 Å². The van der Waals surface area contributed by atoms with E-state index in [0.717, 1.165) is 33.9 Å². The highest BCUT2D eigenvalue weighted by atomic mass is 15.1. The van der Waals surface area contributed by atoms with Crippen LogP contribution in [0, 0.1) is 0 Å². The lowest BCUT2D eigenvalue weighted by Crippen LogP contribution is -2.05. The van der Waals surface area contributed by atoms with Gasteiger partial charge in [0.25, 0.3) is 0 Å². The SMILES string of the molecule is Nc1nc(Nc2ccccc2)nc(-c2ccccc2)c1-c1cc(C2CC2)[nH]n1. The minimum absolute atomic E-state index is 0.404. The van der Waals surface area contributed by atoms with E-state index in [9.17, 15) is 0 Å². The molecule has 2 aromatic heterocycles. The molecule has 1 fully saturated rings. The average Bonchev–Trinajstić information content (AvgIpc) is 3.47. The van der Waals surface area contributed by atoms with E-state index in [1.165, 1.54) is 12.8 Å². The molecule has 1 aliphatic rings. The van der Waals surface area contributed by atoms with Gasteiger partial charge in [0.1, 0.15) is 5.82 Å². The van der Waals surface area contributed by atoms with Crippen molar-refractivity contribution in [1.29, 1.82) is 0 Å². The molecular formula is C22H20N6. The van der Waals surface area contributed by atoms with Gasteiger partial charge in [0.2, 0.25) is 5.95 Å². The number of hydrogen-bond donors (Lipinski definition) is 3. The van der Waals surface area contributed by atoms with Crippen LogP contribution in [0.5, 0.6) is 0 Å². The number of nitrogen functional groups attached to an aromatic ring is 1. The van der Waals surface area contributed by atoms with Crippen molar-refractivity contribution in [2.75, 3.05) is 11.1 Å². The lowest BCUT2D eigenvalue weighted by Gasteiger charge is -2.13. The van der Waals surface area contributed by atoms with Crippen LogP contribution < -0.4 is 11.1 Å². The van der Waals surface area contributed by atoms with Gasteiger partial charge >= 0.3 is 0 Å². The Kier molecular flexibility index (Phi) is 4.01. The molecule has 5 rings (SSSR count). The molecule has 0 aliphatic heterocycles. The smallest absolute Gasteiger partial charge is 0.229 e. The molecule has 1 aliphatic carbocycles. The van der Waals surface area contributed by atoms with Crippen LogP contribution >= 0.6 is 0 Å². The van der Waals surface area contributed by atoms with Crippen molar-refractivity contribution < 1.29 is 0 Å². The normalized spacial score (nSPS) is 13.4. The lowest BCUT2D eigenvalue weighted by molar-refractivity contribution is 0.966. The first-order valence-electron chi connectivity index (χ1n) is 9.38. The summed E-state index contributed by atoms with van der Waals surface area (Å²) in [5, 5.41) is 10.9. The van der Waals surface area contributed by atoms with E-state index in [-0.39, 0.29) is 0 Å². The van der Waals surface area contributed by atoms with Gasteiger partial charge in [-0.15, -0.1) is 0 Å². The predicted molar refractivity (Wildman–Crippen MR) is 111 cm³/mol. The van der Waals surface area contributed by atoms with Crippen molar-refractivity contribution in [2.24, 2.45) is 0 Å². The van der Waals surface area contributed by atoms with Crippen molar-refractivity contribution in [3.63, 3.8) is 0 Å². The van der Waals surface area contributed by atoms with Gasteiger partial charge in [0.05, 0.1) is 17.0 Å². The van der Waals surface area contributed by atoms with E-state index < -0.39 is 0 Å². The number of rotatable bonds is 5. The van der Waals surface area contributed by atoms with Gasteiger partial charge in [-0.2, -0.15) is 10.1 Å². The Morgan fingerprint density at radius 3 is 2.36 bits per heavy atom. The third-order valence-corrected chi connectivity index (χ3v) is 4.89. The second-order valence-corrected chi connectivity index (χ2v) is 7.00. The predicted octanol–water partition coefficient (Wildman–Crippen LogP) is 4.74. The van der Waals surface area contributed by atoms with E-state index >= 15 is 0 Å². The molecule has 4 aromatic rings. The number of nitrogens with zero attached hydrogens (tertiary/aromatic N) is 3. The van der Waals surface area contributed by atoms with E-state index in [0.29, 0.717) is 17.7 Å². The zero-order chi connectivity index (χ0) is 18.9. The molecule has 0 saturated heterocycles. The van der Waals surface area contributed by atoms with E-state index in [2.05, 4.69) is 26.6 Å². The van der Waals surface area contributed by atoms with Gasteiger partial charge in [-0.05, 0) is 31.0 Å². The minimum Gasteiger partial charge on any atom is -0.383 e. The van der Waals surface area contributed by atoms with Crippen molar-refractivity contribution in [3.8, 4) is 22.5 Å². The summed E-state index contributed by atoms with van der Waals surface area (Å²) in [7, 11) is 0. The Morgan fingerprint density at radius 2 is 1.64 bits per heavy atom. The van der Waals surface area contributed by atoms with Crippen molar-refractivity contribution in [2.45, 2.75) is 18.8 Å². The Balaban J connectivity index is 1.62. The monoisotopic (exact) mass is 368 g/mol. The summed E-state index contributed by atoms with van der Waals surface area (Å²) >= 11 is 0. The molecule has 0 atom stereocenters. The van der Waals surface area contributed by atoms with Crippen LogP contribution in [0.4, 0.5) is 17.5 Å². The zero-order valence-electron chi connectivity index (χ0n) is 15.3. The minimum atomic E-state index is 0.404. The lowest BCUT2D eigenvalue weighted by atomic mass is 10.0. The maximum Gasteiger partial charge on any atom is 0.229 e. The third-order valence-electron chi connectivity index (χ3n) is 4.89. The van der Waals surface area contributed by atoms with Crippen molar-refractivity contribution in [3.05, 3.63) is 72.4 Å². The number of anilines is 3. The van der Waals surface area contributed by atoms with Crippen LogP contribution in [0.25, 0.3) is 22.5 Å². The highest BCUT2D eigenvalue weighted by Gasteiger charge is 2.27. The first kappa shape index (κ1) is 16.5. The fourth-order valence-corrected chi connectivity index (χ4v) is 3.31. The van der Waals surface area contributed by atoms with E-state index in [4.69, 9.17) is 10.7 Å².